The lowest BCUT2D eigenvalue weighted by Crippen LogP contribution is -2.29. The van der Waals surface area contributed by atoms with Crippen molar-refractivity contribution in [3.63, 3.8) is 0 Å². The van der Waals surface area contributed by atoms with Crippen molar-refractivity contribution in [2.45, 2.75) is 31.8 Å². The molecule has 0 saturated carbocycles. The molecule has 132 valence electrons. The number of benzene rings is 1. The molecule has 1 aromatic heterocycles. The normalized spacial score (nSPS) is 22.8. The number of aliphatic hydroxyl groups excluding tert-OH is 2. The van der Waals surface area contributed by atoms with E-state index in [-0.39, 0.29) is 24.8 Å². The number of amides is 1. The molecule has 0 radical (unpaired) electrons. The van der Waals surface area contributed by atoms with Crippen molar-refractivity contribution < 1.29 is 19.7 Å². The number of nitrogens with one attached hydrogen (secondary N) is 1. The maximum Gasteiger partial charge on any atom is 0.351 e. The second-order valence-corrected chi connectivity index (χ2v) is 5.90. The predicted octanol–water partition coefficient (Wildman–Crippen LogP) is 0.445. The molecule has 1 fully saturated rings. The molecule has 2 heterocycles. The van der Waals surface area contributed by atoms with Crippen LogP contribution in [0, 0.1) is 6.92 Å². The van der Waals surface area contributed by atoms with Gasteiger partial charge in [-0.25, -0.2) is 4.79 Å². The second kappa shape index (κ2) is 7.14. The monoisotopic (exact) mass is 345 g/mol. The van der Waals surface area contributed by atoms with Gasteiger partial charge >= 0.3 is 5.69 Å². The largest absolute Gasteiger partial charge is 0.394 e. The fourth-order valence-corrected chi connectivity index (χ4v) is 2.72. The van der Waals surface area contributed by atoms with Gasteiger partial charge in [0.05, 0.1) is 12.7 Å². The predicted molar refractivity (Wildman–Crippen MR) is 89.2 cm³/mol. The molecular weight excluding hydrogens is 326 g/mol. The van der Waals surface area contributed by atoms with Crippen molar-refractivity contribution in [1.82, 2.24) is 9.55 Å². The maximum atomic E-state index is 12.3. The lowest BCUT2D eigenvalue weighted by atomic mass is 10.2. The first-order valence-corrected chi connectivity index (χ1v) is 7.90. The van der Waals surface area contributed by atoms with E-state index in [1.54, 1.807) is 37.3 Å². The van der Waals surface area contributed by atoms with Crippen LogP contribution in [0.1, 0.15) is 28.6 Å². The number of hydrogen-bond donors (Lipinski definition) is 3. The summed E-state index contributed by atoms with van der Waals surface area (Å²) in [6.45, 7) is 1.38. The summed E-state index contributed by atoms with van der Waals surface area (Å²) in [6, 6.07) is 8.61. The SMILES string of the molecule is Cc1cn([C@@H]2C[C@@H](O)[C@H](CO)O2)c(=O)nc1NC(=O)c1ccccc1. The molecule has 0 aliphatic carbocycles. The maximum absolute atomic E-state index is 12.3. The molecule has 1 aromatic carbocycles. The zero-order valence-corrected chi connectivity index (χ0v) is 13.6. The van der Waals surface area contributed by atoms with Crippen LogP contribution in [0.2, 0.25) is 0 Å². The smallest absolute Gasteiger partial charge is 0.351 e. The Morgan fingerprint density at radius 3 is 2.76 bits per heavy atom. The van der Waals surface area contributed by atoms with E-state index in [1.165, 1.54) is 10.8 Å². The van der Waals surface area contributed by atoms with Crippen LogP contribution in [-0.4, -0.2) is 44.5 Å². The summed E-state index contributed by atoms with van der Waals surface area (Å²) in [7, 11) is 0. The average molecular weight is 345 g/mol. The molecule has 3 N–H and O–H groups in total. The number of carbonyl (C=O) groups is 1. The van der Waals surface area contributed by atoms with Crippen LogP contribution in [0.3, 0.4) is 0 Å². The Balaban J connectivity index is 1.81. The summed E-state index contributed by atoms with van der Waals surface area (Å²) in [5.41, 5.74) is 0.431. The molecule has 1 saturated heterocycles. The Kier molecular flexibility index (Phi) is 4.93. The van der Waals surface area contributed by atoms with Crippen molar-refractivity contribution in [1.29, 1.82) is 0 Å². The second-order valence-electron chi connectivity index (χ2n) is 5.90. The molecule has 25 heavy (non-hydrogen) atoms. The summed E-state index contributed by atoms with van der Waals surface area (Å²) in [5.74, 6) is -0.186. The minimum atomic E-state index is -0.848. The average Bonchev–Trinajstić information content (AvgIpc) is 2.99. The van der Waals surface area contributed by atoms with E-state index in [0.29, 0.717) is 11.1 Å². The molecule has 8 heteroatoms. The van der Waals surface area contributed by atoms with E-state index in [0.717, 1.165) is 0 Å². The summed E-state index contributed by atoms with van der Waals surface area (Å²) >= 11 is 0. The Labute approximate surface area is 143 Å². The van der Waals surface area contributed by atoms with E-state index in [2.05, 4.69) is 10.3 Å². The molecule has 1 aliphatic heterocycles. The fourth-order valence-electron chi connectivity index (χ4n) is 2.72. The Hall–Kier alpha value is -2.55. The fraction of sp³-hybridized carbons (Fsp3) is 0.353. The summed E-state index contributed by atoms with van der Waals surface area (Å²) in [5, 5.41) is 21.6. The van der Waals surface area contributed by atoms with Crippen molar-refractivity contribution in [3.8, 4) is 0 Å². The number of nitrogens with zero attached hydrogens (tertiary/aromatic N) is 2. The molecular formula is C17H19N3O5. The third kappa shape index (κ3) is 3.60. The molecule has 1 aliphatic rings. The topological polar surface area (TPSA) is 114 Å². The Morgan fingerprint density at radius 2 is 2.12 bits per heavy atom. The highest BCUT2D eigenvalue weighted by Crippen LogP contribution is 2.27. The third-order valence-corrected chi connectivity index (χ3v) is 4.10. The molecule has 2 aromatic rings. The van der Waals surface area contributed by atoms with Gasteiger partial charge in [-0.15, -0.1) is 0 Å². The Morgan fingerprint density at radius 1 is 1.40 bits per heavy atom. The van der Waals surface area contributed by atoms with Crippen molar-refractivity contribution >= 4 is 11.7 Å². The van der Waals surface area contributed by atoms with Crippen LogP contribution in [0.15, 0.2) is 41.3 Å². The quantitative estimate of drug-likeness (QED) is 0.741. The highest BCUT2D eigenvalue weighted by molar-refractivity contribution is 6.03. The first kappa shape index (κ1) is 17.3. The molecule has 3 atom stereocenters. The molecule has 0 bridgehead atoms. The van der Waals surface area contributed by atoms with Gasteiger partial charge in [0.2, 0.25) is 0 Å². The first-order chi connectivity index (χ1) is 12.0. The molecule has 8 nitrogen and oxygen atoms in total. The minimum Gasteiger partial charge on any atom is -0.394 e. The van der Waals surface area contributed by atoms with Crippen molar-refractivity contribution in [2.75, 3.05) is 11.9 Å². The molecule has 0 spiro atoms. The number of ether oxygens (including phenoxy) is 1. The van der Waals surface area contributed by atoms with E-state index in [1.807, 2.05) is 0 Å². The Bertz CT molecular complexity index is 821. The van der Waals surface area contributed by atoms with Crippen LogP contribution < -0.4 is 11.0 Å². The van der Waals surface area contributed by atoms with Gasteiger partial charge in [0, 0.05) is 23.7 Å². The van der Waals surface area contributed by atoms with Gasteiger partial charge in [0.25, 0.3) is 5.91 Å². The number of rotatable bonds is 4. The van der Waals surface area contributed by atoms with Gasteiger partial charge < -0.3 is 20.3 Å². The molecule has 3 rings (SSSR count). The van der Waals surface area contributed by atoms with Crippen LogP contribution in [0.25, 0.3) is 0 Å². The number of aryl methyl sites for hydroxylation is 1. The van der Waals surface area contributed by atoms with Crippen molar-refractivity contribution in [2.24, 2.45) is 0 Å². The number of hydrogen-bond acceptors (Lipinski definition) is 6. The first-order valence-electron chi connectivity index (χ1n) is 7.90. The number of aliphatic hydroxyl groups is 2. The van der Waals surface area contributed by atoms with Gasteiger partial charge in [0.1, 0.15) is 18.1 Å². The van der Waals surface area contributed by atoms with Crippen LogP contribution in [0.5, 0.6) is 0 Å². The van der Waals surface area contributed by atoms with Crippen LogP contribution in [-0.2, 0) is 4.74 Å². The van der Waals surface area contributed by atoms with Crippen LogP contribution in [0.4, 0.5) is 5.82 Å². The summed E-state index contributed by atoms with van der Waals surface area (Å²) in [6.07, 6.45) is -0.575. The summed E-state index contributed by atoms with van der Waals surface area (Å²) in [4.78, 5) is 28.4. The zero-order chi connectivity index (χ0) is 18.0. The van der Waals surface area contributed by atoms with Gasteiger partial charge in [-0.05, 0) is 19.1 Å². The standard InChI is InChI=1S/C17H19N3O5/c1-10-8-20(14-7-12(22)13(9-21)25-14)17(24)19-15(10)18-16(23)11-5-3-2-4-6-11/h2-6,8,12-14,21-22H,7,9H2,1H3,(H,18,19,23,24)/t12-,13+,14+/m1/s1. The van der Waals surface area contributed by atoms with E-state index >= 15 is 0 Å². The number of aromatic nitrogens is 2. The van der Waals surface area contributed by atoms with Gasteiger partial charge in [-0.3, -0.25) is 9.36 Å². The van der Waals surface area contributed by atoms with Crippen molar-refractivity contribution in [3.05, 3.63) is 58.1 Å². The highest BCUT2D eigenvalue weighted by atomic mass is 16.5. The van der Waals surface area contributed by atoms with E-state index in [4.69, 9.17) is 9.84 Å². The molecule has 1 amide bonds. The number of carbonyl (C=O) groups excluding carboxylic acids is 1. The summed E-state index contributed by atoms with van der Waals surface area (Å²) < 4.78 is 6.73. The highest BCUT2D eigenvalue weighted by Gasteiger charge is 2.35. The minimum absolute atomic E-state index is 0.173. The van der Waals surface area contributed by atoms with Gasteiger partial charge in [-0.1, -0.05) is 18.2 Å². The van der Waals surface area contributed by atoms with Gasteiger partial charge in [0.15, 0.2) is 0 Å². The zero-order valence-electron chi connectivity index (χ0n) is 13.6. The third-order valence-electron chi connectivity index (χ3n) is 4.10. The lowest BCUT2D eigenvalue weighted by molar-refractivity contribution is -0.0459. The van der Waals surface area contributed by atoms with E-state index < -0.39 is 24.1 Å². The van der Waals surface area contributed by atoms with Gasteiger partial charge in [-0.2, -0.15) is 4.98 Å². The van der Waals surface area contributed by atoms with E-state index in [9.17, 15) is 14.7 Å². The molecule has 0 unspecified atom stereocenters. The lowest BCUT2D eigenvalue weighted by Gasteiger charge is -2.16. The van der Waals surface area contributed by atoms with Crippen LogP contribution >= 0.6 is 0 Å². The number of anilines is 1.